The van der Waals surface area contributed by atoms with Gasteiger partial charge in [0.1, 0.15) is 5.82 Å². The molecule has 2 atom stereocenters. The summed E-state index contributed by atoms with van der Waals surface area (Å²) in [4.78, 5) is 0. The first-order chi connectivity index (χ1) is 8.16. The summed E-state index contributed by atoms with van der Waals surface area (Å²) in [6, 6.07) is 5.49. The number of hydrogen-bond donors (Lipinski definition) is 1. The summed E-state index contributed by atoms with van der Waals surface area (Å²) in [5, 5.41) is 3.45. The van der Waals surface area contributed by atoms with E-state index in [0.29, 0.717) is 0 Å². The second kappa shape index (κ2) is 5.63. The van der Waals surface area contributed by atoms with Crippen molar-refractivity contribution in [2.24, 2.45) is 11.8 Å². The van der Waals surface area contributed by atoms with E-state index >= 15 is 0 Å². The lowest BCUT2D eigenvalue weighted by molar-refractivity contribution is 0.392. The molecule has 1 N–H and O–H groups in total. The van der Waals surface area contributed by atoms with Crippen molar-refractivity contribution >= 4 is 0 Å². The monoisotopic (exact) mass is 235 g/mol. The molecule has 1 aliphatic carbocycles. The van der Waals surface area contributed by atoms with Gasteiger partial charge in [0.15, 0.2) is 0 Å². The SMILES string of the molecule is Cc1ccc(CNCC2CCCC2C)cc1F. The predicted molar refractivity (Wildman–Crippen MR) is 69.3 cm³/mol. The third-order valence-corrected chi connectivity index (χ3v) is 4.01. The van der Waals surface area contributed by atoms with Crippen molar-refractivity contribution in [1.29, 1.82) is 0 Å². The van der Waals surface area contributed by atoms with E-state index in [9.17, 15) is 4.39 Å². The summed E-state index contributed by atoms with van der Waals surface area (Å²) in [6.07, 6.45) is 4.08. The van der Waals surface area contributed by atoms with Crippen molar-refractivity contribution < 1.29 is 4.39 Å². The van der Waals surface area contributed by atoms with Crippen LogP contribution in [0.1, 0.15) is 37.3 Å². The van der Waals surface area contributed by atoms with Gasteiger partial charge in [-0.2, -0.15) is 0 Å². The van der Waals surface area contributed by atoms with E-state index in [4.69, 9.17) is 0 Å². The Kier molecular flexibility index (Phi) is 4.16. The fourth-order valence-electron chi connectivity index (χ4n) is 2.67. The van der Waals surface area contributed by atoms with Gasteiger partial charge < -0.3 is 5.32 Å². The van der Waals surface area contributed by atoms with Gasteiger partial charge in [0.25, 0.3) is 0 Å². The molecule has 0 aliphatic heterocycles. The fraction of sp³-hybridized carbons (Fsp3) is 0.600. The molecule has 0 aromatic heterocycles. The normalized spacial score (nSPS) is 24.2. The van der Waals surface area contributed by atoms with Gasteiger partial charge in [-0.15, -0.1) is 0 Å². The average molecular weight is 235 g/mol. The lowest BCUT2D eigenvalue weighted by Gasteiger charge is -2.16. The number of aryl methyl sites for hydroxylation is 1. The van der Waals surface area contributed by atoms with Crippen molar-refractivity contribution in [3.63, 3.8) is 0 Å². The van der Waals surface area contributed by atoms with Gasteiger partial charge in [-0.05, 0) is 48.9 Å². The summed E-state index contributed by atoms with van der Waals surface area (Å²) in [7, 11) is 0. The first-order valence-electron chi connectivity index (χ1n) is 6.62. The van der Waals surface area contributed by atoms with Gasteiger partial charge in [0, 0.05) is 6.54 Å². The number of nitrogens with one attached hydrogen (secondary N) is 1. The van der Waals surface area contributed by atoms with Crippen LogP contribution in [0.4, 0.5) is 4.39 Å². The zero-order valence-corrected chi connectivity index (χ0v) is 10.8. The maximum absolute atomic E-state index is 13.3. The van der Waals surface area contributed by atoms with E-state index < -0.39 is 0 Å². The summed E-state index contributed by atoms with van der Waals surface area (Å²) >= 11 is 0. The standard InChI is InChI=1S/C15H22FN/c1-11-4-3-5-14(11)10-17-9-13-7-6-12(2)15(16)8-13/h6-8,11,14,17H,3-5,9-10H2,1-2H3. The molecule has 1 aromatic rings. The molecule has 0 radical (unpaired) electrons. The Morgan fingerprint density at radius 1 is 1.35 bits per heavy atom. The largest absolute Gasteiger partial charge is 0.312 e. The molecule has 2 rings (SSSR count). The second-order valence-electron chi connectivity index (χ2n) is 5.38. The Morgan fingerprint density at radius 3 is 2.82 bits per heavy atom. The molecular formula is C15H22FN. The molecule has 1 nitrogen and oxygen atoms in total. The topological polar surface area (TPSA) is 12.0 Å². The highest BCUT2D eigenvalue weighted by atomic mass is 19.1. The molecule has 1 fully saturated rings. The van der Waals surface area contributed by atoms with Crippen LogP contribution in [0.25, 0.3) is 0 Å². The highest BCUT2D eigenvalue weighted by molar-refractivity contribution is 5.23. The second-order valence-corrected chi connectivity index (χ2v) is 5.38. The third-order valence-electron chi connectivity index (χ3n) is 4.01. The average Bonchev–Trinajstić information content (AvgIpc) is 2.70. The van der Waals surface area contributed by atoms with E-state index in [0.717, 1.165) is 36.1 Å². The van der Waals surface area contributed by atoms with Crippen LogP contribution in [0.15, 0.2) is 18.2 Å². The highest BCUT2D eigenvalue weighted by Gasteiger charge is 2.22. The Morgan fingerprint density at radius 2 is 2.18 bits per heavy atom. The van der Waals surface area contributed by atoms with Crippen molar-refractivity contribution in [3.05, 3.63) is 35.1 Å². The molecule has 0 spiro atoms. The van der Waals surface area contributed by atoms with Gasteiger partial charge in [-0.1, -0.05) is 31.9 Å². The summed E-state index contributed by atoms with van der Waals surface area (Å²) in [5.41, 5.74) is 1.76. The quantitative estimate of drug-likeness (QED) is 0.839. The first-order valence-corrected chi connectivity index (χ1v) is 6.62. The molecule has 0 amide bonds. The third kappa shape index (κ3) is 3.29. The van der Waals surface area contributed by atoms with E-state index in [2.05, 4.69) is 12.2 Å². The summed E-state index contributed by atoms with van der Waals surface area (Å²) in [5.74, 6) is 1.56. The number of halogens is 1. The van der Waals surface area contributed by atoms with E-state index in [1.54, 1.807) is 13.0 Å². The lowest BCUT2D eigenvalue weighted by atomic mass is 9.98. The molecular weight excluding hydrogens is 213 g/mol. The predicted octanol–water partition coefficient (Wildman–Crippen LogP) is 3.66. The zero-order valence-electron chi connectivity index (χ0n) is 10.8. The maximum atomic E-state index is 13.3. The van der Waals surface area contributed by atoms with Crippen LogP contribution in [0.3, 0.4) is 0 Å². The zero-order chi connectivity index (χ0) is 12.3. The minimum Gasteiger partial charge on any atom is -0.312 e. The molecule has 2 heteroatoms. The van der Waals surface area contributed by atoms with Gasteiger partial charge in [0.2, 0.25) is 0 Å². The smallest absolute Gasteiger partial charge is 0.126 e. The maximum Gasteiger partial charge on any atom is 0.126 e. The summed E-state index contributed by atoms with van der Waals surface area (Å²) < 4.78 is 13.3. The molecule has 1 saturated carbocycles. The van der Waals surface area contributed by atoms with Crippen LogP contribution in [0, 0.1) is 24.6 Å². The van der Waals surface area contributed by atoms with Crippen LogP contribution in [-0.4, -0.2) is 6.54 Å². The van der Waals surface area contributed by atoms with Crippen molar-refractivity contribution in [2.45, 2.75) is 39.7 Å². The van der Waals surface area contributed by atoms with E-state index in [-0.39, 0.29) is 5.82 Å². The van der Waals surface area contributed by atoms with Crippen LogP contribution in [0.2, 0.25) is 0 Å². The summed E-state index contributed by atoms with van der Waals surface area (Å²) in [6.45, 7) is 5.98. The Labute approximate surface area is 103 Å². The fourth-order valence-corrected chi connectivity index (χ4v) is 2.67. The Balaban J connectivity index is 1.79. The number of rotatable bonds is 4. The molecule has 2 unspecified atom stereocenters. The minimum atomic E-state index is -0.0986. The molecule has 1 aromatic carbocycles. The lowest BCUT2D eigenvalue weighted by Crippen LogP contribution is -2.24. The van der Waals surface area contributed by atoms with Gasteiger partial charge in [-0.25, -0.2) is 4.39 Å². The van der Waals surface area contributed by atoms with Crippen LogP contribution in [-0.2, 0) is 6.54 Å². The van der Waals surface area contributed by atoms with Crippen molar-refractivity contribution in [2.75, 3.05) is 6.54 Å². The number of benzene rings is 1. The van der Waals surface area contributed by atoms with Crippen LogP contribution < -0.4 is 5.32 Å². The van der Waals surface area contributed by atoms with Gasteiger partial charge in [-0.3, -0.25) is 0 Å². The molecule has 0 bridgehead atoms. The van der Waals surface area contributed by atoms with E-state index in [1.807, 2.05) is 12.1 Å². The van der Waals surface area contributed by atoms with Gasteiger partial charge in [0.05, 0.1) is 0 Å². The Bertz CT molecular complexity index is 375. The molecule has 0 heterocycles. The number of hydrogen-bond acceptors (Lipinski definition) is 1. The van der Waals surface area contributed by atoms with E-state index in [1.165, 1.54) is 19.3 Å². The van der Waals surface area contributed by atoms with Gasteiger partial charge >= 0.3 is 0 Å². The molecule has 94 valence electrons. The molecule has 17 heavy (non-hydrogen) atoms. The first kappa shape index (κ1) is 12.6. The molecule has 0 saturated heterocycles. The Hall–Kier alpha value is -0.890. The van der Waals surface area contributed by atoms with Crippen LogP contribution >= 0.6 is 0 Å². The van der Waals surface area contributed by atoms with Crippen molar-refractivity contribution in [1.82, 2.24) is 5.32 Å². The minimum absolute atomic E-state index is 0.0986. The van der Waals surface area contributed by atoms with Crippen molar-refractivity contribution in [3.8, 4) is 0 Å². The molecule has 1 aliphatic rings. The highest BCUT2D eigenvalue weighted by Crippen LogP contribution is 2.30. The van der Waals surface area contributed by atoms with Crippen LogP contribution in [0.5, 0.6) is 0 Å².